The highest BCUT2D eigenvalue weighted by molar-refractivity contribution is 5.95. The second-order valence-electron chi connectivity index (χ2n) is 3.45. The quantitative estimate of drug-likeness (QED) is 0.771. The molecule has 0 unspecified atom stereocenters. The number of hydrogen-bond acceptors (Lipinski definition) is 4. The summed E-state index contributed by atoms with van der Waals surface area (Å²) in [6.07, 6.45) is 0. The van der Waals surface area contributed by atoms with E-state index in [-0.39, 0.29) is 5.78 Å². The van der Waals surface area contributed by atoms with Gasteiger partial charge in [0, 0.05) is 17.7 Å². The molecular weight excluding hydrogens is 206 g/mol. The minimum atomic E-state index is -0.00684. The summed E-state index contributed by atoms with van der Waals surface area (Å²) in [7, 11) is 5.01. The highest BCUT2D eigenvalue weighted by atomic mass is 16.5. The van der Waals surface area contributed by atoms with E-state index in [1.54, 1.807) is 26.4 Å². The van der Waals surface area contributed by atoms with E-state index < -0.39 is 0 Å². The van der Waals surface area contributed by atoms with Gasteiger partial charge in [0.25, 0.3) is 0 Å². The van der Waals surface area contributed by atoms with Crippen molar-refractivity contribution in [2.45, 2.75) is 13.5 Å². The van der Waals surface area contributed by atoms with Crippen molar-refractivity contribution in [3.63, 3.8) is 0 Å². The van der Waals surface area contributed by atoms with E-state index in [0.717, 1.165) is 5.56 Å². The second-order valence-corrected chi connectivity index (χ2v) is 3.45. The molecule has 0 aliphatic rings. The lowest BCUT2D eigenvalue weighted by molar-refractivity contribution is 0.101. The second kappa shape index (κ2) is 5.51. The van der Waals surface area contributed by atoms with Crippen molar-refractivity contribution in [2.75, 3.05) is 21.3 Å². The molecule has 1 N–H and O–H groups in total. The number of benzene rings is 1. The standard InChI is InChI=1S/C12H17NO3/c1-8(14)9-5-11(15-3)10(7-13-2)12(6-9)16-4/h5-6,13H,7H2,1-4H3. The molecule has 0 atom stereocenters. The van der Waals surface area contributed by atoms with Gasteiger partial charge in [-0.3, -0.25) is 4.79 Å². The average molecular weight is 223 g/mol. The number of rotatable bonds is 5. The van der Waals surface area contributed by atoms with Gasteiger partial charge < -0.3 is 14.8 Å². The maximum atomic E-state index is 11.3. The van der Waals surface area contributed by atoms with Gasteiger partial charge >= 0.3 is 0 Å². The molecule has 88 valence electrons. The molecule has 0 radical (unpaired) electrons. The van der Waals surface area contributed by atoms with Crippen molar-refractivity contribution in [3.05, 3.63) is 23.3 Å². The molecule has 0 amide bonds. The van der Waals surface area contributed by atoms with Gasteiger partial charge in [-0.05, 0) is 26.1 Å². The van der Waals surface area contributed by atoms with Gasteiger partial charge in [-0.15, -0.1) is 0 Å². The largest absolute Gasteiger partial charge is 0.496 e. The first-order valence-corrected chi connectivity index (χ1v) is 5.04. The molecular formula is C12H17NO3. The number of carbonyl (C=O) groups is 1. The molecule has 0 aliphatic carbocycles. The van der Waals surface area contributed by atoms with Crippen LogP contribution < -0.4 is 14.8 Å². The Morgan fingerprint density at radius 3 is 2.06 bits per heavy atom. The van der Waals surface area contributed by atoms with Crippen LogP contribution in [-0.2, 0) is 6.54 Å². The minimum absolute atomic E-state index is 0.00684. The zero-order valence-corrected chi connectivity index (χ0v) is 10.1. The Morgan fingerprint density at radius 1 is 1.25 bits per heavy atom. The Morgan fingerprint density at radius 2 is 1.75 bits per heavy atom. The summed E-state index contributed by atoms with van der Waals surface area (Å²) in [5, 5.41) is 3.04. The number of ether oxygens (including phenoxy) is 2. The summed E-state index contributed by atoms with van der Waals surface area (Å²) in [6.45, 7) is 2.15. The van der Waals surface area contributed by atoms with Gasteiger partial charge in [-0.25, -0.2) is 0 Å². The van der Waals surface area contributed by atoms with Crippen LogP contribution in [0.2, 0.25) is 0 Å². The highest BCUT2D eigenvalue weighted by Crippen LogP contribution is 2.30. The van der Waals surface area contributed by atoms with Crippen molar-refractivity contribution in [2.24, 2.45) is 0 Å². The summed E-state index contributed by atoms with van der Waals surface area (Å²) in [5.74, 6) is 1.32. The van der Waals surface area contributed by atoms with Gasteiger partial charge in [0.2, 0.25) is 0 Å². The van der Waals surface area contributed by atoms with E-state index in [1.165, 1.54) is 6.92 Å². The molecule has 0 aliphatic heterocycles. The third-order valence-corrected chi connectivity index (χ3v) is 2.37. The molecule has 16 heavy (non-hydrogen) atoms. The summed E-state index contributed by atoms with van der Waals surface area (Å²) in [6, 6.07) is 3.47. The molecule has 1 aromatic rings. The van der Waals surface area contributed by atoms with Crippen LogP contribution in [0.3, 0.4) is 0 Å². The summed E-state index contributed by atoms with van der Waals surface area (Å²) in [4.78, 5) is 11.3. The average Bonchev–Trinajstić information content (AvgIpc) is 2.29. The first-order valence-electron chi connectivity index (χ1n) is 5.04. The molecule has 0 aromatic heterocycles. The van der Waals surface area contributed by atoms with Crippen LogP contribution in [0, 0.1) is 0 Å². The number of carbonyl (C=O) groups excluding carboxylic acids is 1. The maximum absolute atomic E-state index is 11.3. The van der Waals surface area contributed by atoms with E-state index in [4.69, 9.17) is 9.47 Å². The Bertz CT molecular complexity index is 363. The van der Waals surface area contributed by atoms with Crippen LogP contribution in [0.25, 0.3) is 0 Å². The van der Waals surface area contributed by atoms with Crippen molar-refractivity contribution in [1.29, 1.82) is 0 Å². The number of hydrogen-bond donors (Lipinski definition) is 1. The molecule has 0 saturated heterocycles. The number of Topliss-reactive ketones (excluding diaryl/α,β-unsaturated/α-hetero) is 1. The normalized spacial score (nSPS) is 10.0. The Kier molecular flexibility index (Phi) is 4.31. The Labute approximate surface area is 95.6 Å². The minimum Gasteiger partial charge on any atom is -0.496 e. The molecule has 0 saturated carbocycles. The SMILES string of the molecule is CNCc1c(OC)cc(C(C)=O)cc1OC. The van der Waals surface area contributed by atoms with E-state index in [2.05, 4.69) is 5.32 Å². The highest BCUT2D eigenvalue weighted by Gasteiger charge is 2.13. The monoisotopic (exact) mass is 223 g/mol. The zero-order chi connectivity index (χ0) is 12.1. The van der Waals surface area contributed by atoms with Gasteiger partial charge in [0.1, 0.15) is 11.5 Å². The van der Waals surface area contributed by atoms with E-state index in [1.807, 2.05) is 7.05 Å². The molecule has 0 spiro atoms. The Hall–Kier alpha value is -1.55. The first kappa shape index (κ1) is 12.5. The molecule has 0 fully saturated rings. The lowest BCUT2D eigenvalue weighted by atomic mass is 10.1. The lowest BCUT2D eigenvalue weighted by Gasteiger charge is -2.14. The van der Waals surface area contributed by atoms with E-state index >= 15 is 0 Å². The first-order chi connectivity index (χ1) is 7.63. The summed E-state index contributed by atoms with van der Waals surface area (Å²) >= 11 is 0. The van der Waals surface area contributed by atoms with Crippen LogP contribution >= 0.6 is 0 Å². The van der Waals surface area contributed by atoms with Gasteiger partial charge in [-0.2, -0.15) is 0 Å². The number of ketones is 1. The predicted molar refractivity (Wildman–Crippen MR) is 62.3 cm³/mol. The fourth-order valence-electron chi connectivity index (χ4n) is 1.54. The topological polar surface area (TPSA) is 47.6 Å². The van der Waals surface area contributed by atoms with E-state index in [9.17, 15) is 4.79 Å². The third kappa shape index (κ3) is 2.52. The van der Waals surface area contributed by atoms with Crippen LogP contribution in [0.15, 0.2) is 12.1 Å². The van der Waals surface area contributed by atoms with Crippen molar-refractivity contribution in [1.82, 2.24) is 5.32 Å². The summed E-state index contributed by atoms with van der Waals surface area (Å²) in [5.41, 5.74) is 1.51. The molecule has 4 nitrogen and oxygen atoms in total. The number of nitrogens with one attached hydrogen (secondary N) is 1. The summed E-state index contributed by atoms with van der Waals surface area (Å²) < 4.78 is 10.5. The fraction of sp³-hybridized carbons (Fsp3) is 0.417. The van der Waals surface area contributed by atoms with Crippen LogP contribution in [-0.4, -0.2) is 27.1 Å². The van der Waals surface area contributed by atoms with Gasteiger partial charge in [-0.1, -0.05) is 0 Å². The lowest BCUT2D eigenvalue weighted by Crippen LogP contribution is -2.09. The molecule has 0 bridgehead atoms. The van der Waals surface area contributed by atoms with Gasteiger partial charge in [0.05, 0.1) is 14.2 Å². The van der Waals surface area contributed by atoms with E-state index in [0.29, 0.717) is 23.6 Å². The molecule has 1 aromatic carbocycles. The molecule has 0 heterocycles. The molecule has 4 heteroatoms. The smallest absolute Gasteiger partial charge is 0.160 e. The van der Waals surface area contributed by atoms with Crippen LogP contribution in [0.1, 0.15) is 22.8 Å². The van der Waals surface area contributed by atoms with Crippen molar-refractivity contribution < 1.29 is 14.3 Å². The maximum Gasteiger partial charge on any atom is 0.160 e. The van der Waals surface area contributed by atoms with Gasteiger partial charge in [0.15, 0.2) is 5.78 Å². The fourth-order valence-corrected chi connectivity index (χ4v) is 1.54. The third-order valence-electron chi connectivity index (χ3n) is 2.37. The zero-order valence-electron chi connectivity index (χ0n) is 10.1. The molecule has 1 rings (SSSR count). The predicted octanol–water partition coefficient (Wildman–Crippen LogP) is 1.63. The van der Waals surface area contributed by atoms with Crippen LogP contribution in [0.5, 0.6) is 11.5 Å². The van der Waals surface area contributed by atoms with Crippen LogP contribution in [0.4, 0.5) is 0 Å². The number of methoxy groups -OCH3 is 2. The van der Waals surface area contributed by atoms with Crippen molar-refractivity contribution in [3.8, 4) is 11.5 Å². The van der Waals surface area contributed by atoms with Crippen molar-refractivity contribution >= 4 is 5.78 Å². The Balaban J connectivity index is 3.30.